The molecule has 10 aromatic carbocycles. The van der Waals surface area contributed by atoms with Crippen LogP contribution in [0, 0.1) is 6.92 Å². The van der Waals surface area contributed by atoms with Gasteiger partial charge in [-0.1, -0.05) is 127 Å². The average Bonchev–Trinajstić information content (AvgIpc) is 1.69. The number of alkyl halides is 6. The number of halogens is 6. The number of benzene rings is 10. The third kappa shape index (κ3) is 10.4. The Morgan fingerprint density at radius 3 is 1.05 bits per heavy atom. The molecular formula is C69H52F6O8S2. The zero-order valence-electron chi connectivity index (χ0n) is 45.9. The van der Waals surface area contributed by atoms with Crippen LogP contribution in [0.4, 0.5) is 26.3 Å². The van der Waals surface area contributed by atoms with Gasteiger partial charge >= 0.3 is 12.4 Å². The molecule has 0 spiro atoms. The van der Waals surface area contributed by atoms with E-state index in [1.54, 1.807) is 48.5 Å². The monoisotopic (exact) mass is 1190 g/mol. The molecule has 11 rings (SSSR count). The van der Waals surface area contributed by atoms with Gasteiger partial charge in [-0.2, -0.15) is 26.3 Å². The van der Waals surface area contributed by atoms with Crippen molar-refractivity contribution in [3.05, 3.63) is 287 Å². The van der Waals surface area contributed by atoms with Crippen LogP contribution in [0.25, 0.3) is 11.1 Å². The van der Waals surface area contributed by atoms with E-state index in [1.165, 1.54) is 55.6 Å². The van der Waals surface area contributed by atoms with Gasteiger partial charge in [0.15, 0.2) is 0 Å². The Morgan fingerprint density at radius 1 is 0.365 bits per heavy atom. The van der Waals surface area contributed by atoms with Gasteiger partial charge in [0.25, 0.3) is 0 Å². The summed E-state index contributed by atoms with van der Waals surface area (Å²) in [5.41, 5.74) is -0.233. The summed E-state index contributed by atoms with van der Waals surface area (Å²) in [6.45, 7) is 5.64. The van der Waals surface area contributed by atoms with Crippen LogP contribution >= 0.6 is 0 Å². The van der Waals surface area contributed by atoms with E-state index in [9.17, 15) is 43.2 Å². The van der Waals surface area contributed by atoms with E-state index in [1.807, 2.05) is 93.6 Å². The number of hydrogen-bond donors (Lipinski definition) is 0. The molecule has 1 aliphatic carbocycles. The van der Waals surface area contributed by atoms with Crippen molar-refractivity contribution in [2.75, 3.05) is 7.11 Å². The van der Waals surface area contributed by atoms with Gasteiger partial charge in [-0.05, 0) is 192 Å². The molecule has 0 aliphatic heterocycles. The molecule has 0 N–H and O–H groups in total. The standard InChI is InChI=1S/C69H52F6O8S2/c1-45-13-37-57(38-14-45)84(76,77)59-41-33-54(34-42-59)81-52-27-15-47(16-28-52)66(63-11-7-5-9-61(63)62-10-6-8-12-64(62)66)48-17-31-56(32-18-48)83-65(2,3)46-23-39-58(40-24-46)85(78,79)60-43-35-55(36-44-60)82-53-29-21-50(22-30-53)67(68(70,71)72,69(73,74)75)49-19-25-51(80-4)26-20-49/h5-44H,1-4H3. The Hall–Kier alpha value is -9.12. The quantitative estimate of drug-likeness (QED) is 0.0881. The minimum atomic E-state index is -5.79. The van der Waals surface area contributed by atoms with Gasteiger partial charge in [-0.25, -0.2) is 16.8 Å². The van der Waals surface area contributed by atoms with Crippen LogP contribution in [-0.4, -0.2) is 36.3 Å². The smallest absolute Gasteiger partial charge is 0.411 e. The van der Waals surface area contributed by atoms with Crippen molar-refractivity contribution in [3.63, 3.8) is 0 Å². The predicted octanol–water partition coefficient (Wildman–Crippen LogP) is 17.3. The predicted molar refractivity (Wildman–Crippen MR) is 311 cm³/mol. The molecule has 1 aliphatic rings. The first kappa shape index (κ1) is 57.7. The molecule has 0 radical (unpaired) electrons. The topological polar surface area (TPSA) is 105 Å². The van der Waals surface area contributed by atoms with Crippen LogP contribution in [0.15, 0.2) is 262 Å². The first-order valence-corrected chi connectivity index (χ1v) is 29.6. The van der Waals surface area contributed by atoms with Crippen LogP contribution in [-0.2, 0) is 36.1 Å². The van der Waals surface area contributed by atoms with E-state index in [-0.39, 0.29) is 36.8 Å². The van der Waals surface area contributed by atoms with Crippen LogP contribution in [0.2, 0.25) is 0 Å². The summed E-state index contributed by atoms with van der Waals surface area (Å²) in [4.78, 5) is 0.264. The highest BCUT2D eigenvalue weighted by molar-refractivity contribution is 7.91. The normalized spacial score (nSPS) is 13.3. The molecular weight excluding hydrogens is 1130 g/mol. The number of sulfone groups is 2. The molecule has 0 saturated heterocycles. The van der Waals surface area contributed by atoms with E-state index in [4.69, 9.17) is 18.9 Å². The van der Waals surface area contributed by atoms with Gasteiger partial charge in [0.05, 0.1) is 32.1 Å². The van der Waals surface area contributed by atoms with Gasteiger partial charge in [0.1, 0.15) is 40.1 Å². The minimum absolute atomic E-state index is 0.0155. The Kier molecular flexibility index (Phi) is 14.8. The maximum atomic E-state index is 14.7. The number of fused-ring (bicyclic) bond motifs is 3. The maximum Gasteiger partial charge on any atom is 0.411 e. The molecule has 0 heterocycles. The molecule has 430 valence electrons. The lowest BCUT2D eigenvalue weighted by Crippen LogP contribution is -2.54. The van der Waals surface area contributed by atoms with Crippen LogP contribution in [0.3, 0.4) is 0 Å². The first-order chi connectivity index (χ1) is 40.5. The van der Waals surface area contributed by atoms with Gasteiger partial charge in [0, 0.05) is 0 Å². The van der Waals surface area contributed by atoms with Crippen LogP contribution in [0.1, 0.15) is 58.4 Å². The fourth-order valence-corrected chi connectivity index (χ4v) is 13.7. The molecule has 0 saturated carbocycles. The van der Waals surface area contributed by atoms with Crippen LogP contribution < -0.4 is 18.9 Å². The number of aryl methyl sites for hydroxylation is 1. The van der Waals surface area contributed by atoms with E-state index < -0.39 is 59.6 Å². The molecule has 16 heteroatoms. The Balaban J connectivity index is 0.793. The van der Waals surface area contributed by atoms with Crippen molar-refractivity contribution in [2.45, 2.75) is 69.1 Å². The first-order valence-electron chi connectivity index (χ1n) is 26.7. The van der Waals surface area contributed by atoms with Crippen molar-refractivity contribution >= 4 is 19.7 Å². The highest BCUT2D eigenvalue weighted by Crippen LogP contribution is 2.58. The minimum Gasteiger partial charge on any atom is -0.497 e. The molecule has 0 amide bonds. The summed E-state index contributed by atoms with van der Waals surface area (Å²) >= 11 is 0. The Morgan fingerprint density at radius 2 is 0.671 bits per heavy atom. The number of hydrogen-bond acceptors (Lipinski definition) is 8. The van der Waals surface area contributed by atoms with Gasteiger partial charge in [-0.15, -0.1) is 0 Å². The summed E-state index contributed by atoms with van der Waals surface area (Å²) in [5.74, 6) is 1.65. The number of methoxy groups -OCH3 is 1. The Labute approximate surface area is 488 Å². The van der Waals surface area contributed by atoms with Crippen LogP contribution in [0.5, 0.6) is 34.5 Å². The van der Waals surface area contributed by atoms with E-state index in [0.717, 1.165) is 75.3 Å². The average molecular weight is 1190 g/mol. The summed E-state index contributed by atoms with van der Waals surface area (Å²) in [5, 5.41) is 0. The van der Waals surface area contributed by atoms with Crippen molar-refractivity contribution in [1.82, 2.24) is 0 Å². The van der Waals surface area contributed by atoms with Gasteiger partial charge in [0.2, 0.25) is 25.1 Å². The third-order valence-electron chi connectivity index (χ3n) is 15.5. The molecule has 8 nitrogen and oxygen atoms in total. The van der Waals surface area contributed by atoms with Crippen molar-refractivity contribution in [1.29, 1.82) is 0 Å². The molecule has 10 aromatic rings. The summed E-state index contributed by atoms with van der Waals surface area (Å²) in [7, 11) is -6.57. The molecule has 0 fully saturated rings. The lowest BCUT2D eigenvalue weighted by molar-refractivity contribution is -0.288. The molecule has 0 atom stereocenters. The second kappa shape index (κ2) is 21.8. The van der Waals surface area contributed by atoms with Crippen molar-refractivity contribution < 1.29 is 62.1 Å². The highest BCUT2D eigenvalue weighted by Gasteiger charge is 2.72. The van der Waals surface area contributed by atoms with Crippen molar-refractivity contribution in [3.8, 4) is 45.6 Å². The number of rotatable bonds is 16. The van der Waals surface area contributed by atoms with E-state index in [0.29, 0.717) is 34.9 Å². The summed E-state index contributed by atoms with van der Waals surface area (Å²) < 4.78 is 166. The van der Waals surface area contributed by atoms with Gasteiger partial charge in [-0.3, -0.25) is 0 Å². The number of ether oxygens (including phenoxy) is 4. The largest absolute Gasteiger partial charge is 0.497 e. The third-order valence-corrected chi connectivity index (χ3v) is 19.1. The molecule has 85 heavy (non-hydrogen) atoms. The maximum absolute atomic E-state index is 14.7. The fourth-order valence-electron chi connectivity index (χ4n) is 11.2. The van der Waals surface area contributed by atoms with E-state index >= 15 is 0 Å². The molecule has 0 aromatic heterocycles. The summed E-state index contributed by atoms with van der Waals surface area (Å²) in [6.07, 6.45) is -11.6. The SMILES string of the molecule is COc1ccc(C(c2ccc(Oc3ccc(S(=O)(=O)c4ccc(C(C)(C)Oc5ccc(C6(c7ccc(Oc8ccc(S(=O)(=O)c9ccc(C)cc9)cc8)cc7)c7ccccc7-c7ccccc76)cc5)cc4)cc3)cc2)(C(F)(F)F)C(F)(F)F)cc1. The zero-order valence-corrected chi connectivity index (χ0v) is 47.6. The molecule has 0 unspecified atom stereocenters. The lowest BCUT2D eigenvalue weighted by atomic mass is 9.68. The zero-order chi connectivity index (χ0) is 60.2. The van der Waals surface area contributed by atoms with Gasteiger partial charge < -0.3 is 18.9 Å². The molecule has 0 bridgehead atoms. The fraction of sp³-hybridized carbons (Fsp3) is 0.130. The van der Waals surface area contributed by atoms with E-state index in [2.05, 4.69) is 24.3 Å². The summed E-state index contributed by atoms with van der Waals surface area (Å²) in [6, 6.07) is 64.0. The second-order valence-corrected chi connectivity index (χ2v) is 24.9. The van der Waals surface area contributed by atoms with Crippen molar-refractivity contribution in [2.24, 2.45) is 0 Å². The second-order valence-electron chi connectivity index (χ2n) is 21.0. The Bertz CT molecular complexity index is 4230. The highest BCUT2D eigenvalue weighted by atomic mass is 32.2. The lowest BCUT2D eigenvalue weighted by Gasteiger charge is -2.38.